The molecule has 208 valence electrons. The van der Waals surface area contributed by atoms with Gasteiger partial charge in [0.05, 0.1) is 16.8 Å². The highest BCUT2D eigenvalue weighted by atomic mass is 14.8. The molecule has 2 aromatic heterocycles. The number of pyridine rings is 2. The first-order valence-electron chi connectivity index (χ1n) is 15.5. The van der Waals surface area contributed by atoms with Gasteiger partial charge in [-0.05, 0) is 95.9 Å². The van der Waals surface area contributed by atoms with Crippen molar-refractivity contribution in [3.8, 4) is 44.8 Å². The lowest BCUT2D eigenvalue weighted by atomic mass is 9.70. The molecule has 2 heterocycles. The van der Waals surface area contributed by atoms with Gasteiger partial charge in [-0.2, -0.15) is 0 Å². The van der Waals surface area contributed by atoms with E-state index in [0.717, 1.165) is 17.0 Å². The number of nitrogens with zero attached hydrogens (tertiary/aromatic N) is 2. The number of fused-ring (bicyclic) bond motifs is 14. The molecule has 0 saturated carbocycles. The summed E-state index contributed by atoms with van der Waals surface area (Å²) in [6.07, 6.45) is 3.83. The molecule has 1 spiro atoms. The van der Waals surface area contributed by atoms with Gasteiger partial charge < -0.3 is 0 Å². The van der Waals surface area contributed by atoms with Crippen LogP contribution in [0.3, 0.4) is 0 Å². The molecule has 6 aromatic carbocycles. The maximum absolute atomic E-state index is 4.90. The monoisotopic (exact) mass is 570 g/mol. The van der Waals surface area contributed by atoms with E-state index in [2.05, 4.69) is 132 Å². The summed E-state index contributed by atoms with van der Waals surface area (Å²) in [7, 11) is 0. The zero-order valence-electron chi connectivity index (χ0n) is 24.4. The number of rotatable bonds is 2. The van der Waals surface area contributed by atoms with E-state index < -0.39 is 5.41 Å². The summed E-state index contributed by atoms with van der Waals surface area (Å²) in [5.74, 6) is 0. The summed E-state index contributed by atoms with van der Waals surface area (Å²) < 4.78 is 0. The Bertz CT molecular complexity index is 2430. The van der Waals surface area contributed by atoms with Crippen LogP contribution < -0.4 is 0 Å². The zero-order valence-corrected chi connectivity index (χ0v) is 24.4. The Hall–Kier alpha value is -5.86. The molecule has 0 amide bonds. The smallest absolute Gasteiger partial charge is 0.0886 e. The fourth-order valence-electron chi connectivity index (χ4n) is 8.21. The molecule has 0 radical (unpaired) electrons. The molecular weight excluding hydrogens is 544 g/mol. The van der Waals surface area contributed by atoms with E-state index in [1.165, 1.54) is 71.6 Å². The van der Waals surface area contributed by atoms with Gasteiger partial charge in [-0.25, -0.2) is 0 Å². The van der Waals surface area contributed by atoms with Crippen molar-refractivity contribution in [2.45, 2.75) is 5.41 Å². The van der Waals surface area contributed by atoms with E-state index in [1.807, 2.05) is 30.6 Å². The van der Waals surface area contributed by atoms with Crippen molar-refractivity contribution in [1.29, 1.82) is 0 Å². The Balaban J connectivity index is 1.35. The number of hydrogen-bond donors (Lipinski definition) is 0. The van der Waals surface area contributed by atoms with Gasteiger partial charge >= 0.3 is 0 Å². The van der Waals surface area contributed by atoms with Crippen LogP contribution in [0.5, 0.6) is 0 Å². The first-order chi connectivity index (χ1) is 22.3. The van der Waals surface area contributed by atoms with Crippen molar-refractivity contribution < 1.29 is 0 Å². The molecule has 2 heteroatoms. The second kappa shape index (κ2) is 9.07. The van der Waals surface area contributed by atoms with Crippen LogP contribution in [0.4, 0.5) is 0 Å². The van der Waals surface area contributed by atoms with E-state index in [1.54, 1.807) is 0 Å². The molecule has 0 atom stereocenters. The predicted molar refractivity (Wildman–Crippen MR) is 184 cm³/mol. The molecular formula is C43H26N2. The van der Waals surface area contributed by atoms with Crippen molar-refractivity contribution >= 4 is 21.5 Å². The largest absolute Gasteiger partial charge is 0.255 e. The maximum Gasteiger partial charge on any atom is 0.0886 e. The van der Waals surface area contributed by atoms with Crippen molar-refractivity contribution in [2.75, 3.05) is 0 Å². The highest BCUT2D eigenvalue weighted by Crippen LogP contribution is 2.65. The highest BCUT2D eigenvalue weighted by molar-refractivity contribution is 6.16. The maximum atomic E-state index is 4.90. The van der Waals surface area contributed by atoms with Crippen LogP contribution in [0.2, 0.25) is 0 Å². The van der Waals surface area contributed by atoms with Crippen molar-refractivity contribution in [3.63, 3.8) is 0 Å². The predicted octanol–water partition coefficient (Wildman–Crippen LogP) is 10.5. The van der Waals surface area contributed by atoms with Crippen molar-refractivity contribution in [2.24, 2.45) is 0 Å². The summed E-state index contributed by atoms with van der Waals surface area (Å²) in [4.78, 5) is 9.43. The van der Waals surface area contributed by atoms with Gasteiger partial charge in [-0.3, -0.25) is 9.97 Å². The fourth-order valence-corrected chi connectivity index (χ4v) is 8.21. The molecule has 0 bridgehead atoms. The second-order valence-electron chi connectivity index (χ2n) is 12.1. The lowest BCUT2D eigenvalue weighted by Crippen LogP contribution is -2.26. The van der Waals surface area contributed by atoms with Gasteiger partial charge in [-0.1, -0.05) is 121 Å². The van der Waals surface area contributed by atoms with Crippen molar-refractivity contribution in [1.82, 2.24) is 9.97 Å². The number of aromatic nitrogens is 2. The van der Waals surface area contributed by atoms with E-state index >= 15 is 0 Å². The van der Waals surface area contributed by atoms with Gasteiger partial charge in [0.15, 0.2) is 0 Å². The van der Waals surface area contributed by atoms with Crippen LogP contribution in [0.1, 0.15) is 22.3 Å². The van der Waals surface area contributed by atoms with Crippen molar-refractivity contribution in [3.05, 3.63) is 180 Å². The SMILES string of the molecule is c1ccc(-c2ccc(-c3cc4c(c5ccccc35)-c3c(ccc5ccccc35)C43c4ccccc4-c4ccccc43)cn2)nc1. The van der Waals surface area contributed by atoms with Crippen LogP contribution in [0.15, 0.2) is 158 Å². The molecule has 0 saturated heterocycles. The molecule has 0 unspecified atom stereocenters. The number of hydrogen-bond acceptors (Lipinski definition) is 2. The standard InChI is InChI=1S/C43H26N2/c1-2-12-29-27(11-1)20-22-37-41(29)42-33-16-4-3-13-30(33)34(28-21-23-40(45-26-28)39-19-9-10-24-44-39)25-38(42)43(37)35-17-7-5-14-31(35)32-15-6-8-18-36(32)43/h1-26H. The van der Waals surface area contributed by atoms with Gasteiger partial charge in [0.25, 0.3) is 0 Å². The normalized spacial score (nSPS) is 13.5. The van der Waals surface area contributed by atoms with E-state index in [9.17, 15) is 0 Å². The van der Waals surface area contributed by atoms with Gasteiger partial charge in [-0.15, -0.1) is 0 Å². The zero-order chi connectivity index (χ0) is 29.5. The Morgan fingerprint density at radius 2 is 1.04 bits per heavy atom. The molecule has 8 aromatic rings. The Kier molecular flexibility index (Phi) is 4.95. The van der Waals surface area contributed by atoms with Gasteiger partial charge in [0.1, 0.15) is 0 Å². The molecule has 2 nitrogen and oxygen atoms in total. The number of benzene rings is 6. The fraction of sp³-hybridized carbons (Fsp3) is 0.0233. The quantitative estimate of drug-likeness (QED) is 0.207. The topological polar surface area (TPSA) is 25.8 Å². The minimum atomic E-state index is -0.429. The van der Waals surface area contributed by atoms with Crippen LogP contribution in [-0.4, -0.2) is 9.97 Å². The third-order valence-corrected chi connectivity index (χ3v) is 9.99. The van der Waals surface area contributed by atoms with Crippen LogP contribution in [0, 0.1) is 0 Å². The summed E-state index contributed by atoms with van der Waals surface area (Å²) in [5.41, 5.74) is 14.3. The molecule has 45 heavy (non-hydrogen) atoms. The first-order valence-corrected chi connectivity index (χ1v) is 15.5. The van der Waals surface area contributed by atoms with Crippen LogP contribution >= 0.6 is 0 Å². The highest BCUT2D eigenvalue weighted by Gasteiger charge is 2.52. The molecule has 0 N–H and O–H groups in total. The minimum Gasteiger partial charge on any atom is -0.255 e. The Labute approximate surface area is 261 Å². The van der Waals surface area contributed by atoms with E-state index in [0.29, 0.717) is 0 Å². The second-order valence-corrected chi connectivity index (χ2v) is 12.1. The third-order valence-electron chi connectivity index (χ3n) is 9.99. The first kappa shape index (κ1) is 24.6. The summed E-state index contributed by atoms with van der Waals surface area (Å²) in [6.45, 7) is 0. The minimum absolute atomic E-state index is 0.429. The summed E-state index contributed by atoms with van der Waals surface area (Å²) >= 11 is 0. The third kappa shape index (κ3) is 3.18. The van der Waals surface area contributed by atoms with Gasteiger partial charge in [0.2, 0.25) is 0 Å². The molecule has 0 aliphatic heterocycles. The molecule has 0 fully saturated rings. The average Bonchev–Trinajstić information content (AvgIpc) is 3.59. The summed E-state index contributed by atoms with van der Waals surface area (Å²) in [6, 6.07) is 53.2. The average molecular weight is 571 g/mol. The Morgan fingerprint density at radius 1 is 0.400 bits per heavy atom. The molecule has 2 aliphatic carbocycles. The van der Waals surface area contributed by atoms with Crippen LogP contribution in [0.25, 0.3) is 66.3 Å². The van der Waals surface area contributed by atoms with Crippen LogP contribution in [-0.2, 0) is 5.41 Å². The molecule has 2 aliphatic rings. The Morgan fingerprint density at radius 3 is 1.78 bits per heavy atom. The lowest BCUT2D eigenvalue weighted by Gasteiger charge is -2.31. The lowest BCUT2D eigenvalue weighted by molar-refractivity contribution is 0.795. The molecule has 10 rings (SSSR count). The van der Waals surface area contributed by atoms with E-state index in [-0.39, 0.29) is 0 Å². The van der Waals surface area contributed by atoms with Gasteiger partial charge in [0, 0.05) is 18.0 Å². The summed E-state index contributed by atoms with van der Waals surface area (Å²) in [5, 5.41) is 5.07. The van der Waals surface area contributed by atoms with E-state index in [4.69, 9.17) is 4.98 Å².